The maximum atomic E-state index is 9.82. The van der Waals surface area contributed by atoms with E-state index >= 15 is 0 Å². The van der Waals surface area contributed by atoms with Crippen LogP contribution in [0.15, 0.2) is 36.4 Å². The number of rotatable bonds is 4. The Hall–Kier alpha value is -1.08. The van der Waals surface area contributed by atoms with Crippen LogP contribution in [-0.4, -0.2) is 11.2 Å². The lowest BCUT2D eigenvalue weighted by Gasteiger charge is -2.18. The summed E-state index contributed by atoms with van der Waals surface area (Å²) in [4.78, 5) is 0. The summed E-state index contributed by atoms with van der Waals surface area (Å²) in [6, 6.07) is 10.2. The molecule has 0 radical (unpaired) electrons. The van der Waals surface area contributed by atoms with Crippen molar-refractivity contribution in [2.45, 2.75) is 26.9 Å². The van der Waals surface area contributed by atoms with Crippen LogP contribution in [0.4, 0.5) is 0 Å². The third-order valence-electron chi connectivity index (χ3n) is 2.61. The van der Waals surface area contributed by atoms with Crippen LogP contribution in [0.3, 0.4) is 0 Å². The molecule has 2 atom stereocenters. The number of benzene rings is 1. The van der Waals surface area contributed by atoms with Gasteiger partial charge in [0.25, 0.3) is 0 Å². The lowest BCUT2D eigenvalue weighted by molar-refractivity contribution is 0.0914. The summed E-state index contributed by atoms with van der Waals surface area (Å²) in [6.07, 6.45) is 3.88. The molecule has 1 rings (SSSR count). The Balaban J connectivity index is 2.58. The van der Waals surface area contributed by atoms with Gasteiger partial charge in [0.1, 0.15) is 0 Å². The highest BCUT2D eigenvalue weighted by molar-refractivity contribution is 5.48. The molecule has 0 saturated carbocycles. The standard InChI is InChI=1S/C14H20O/c1-11(2)14(15)12(3)9-10-13-7-5-4-6-8-13/h4-12,14-15H,1-3H3/b10-9+. The minimum absolute atomic E-state index is 0.199. The molecular weight excluding hydrogens is 184 g/mol. The van der Waals surface area contributed by atoms with Crippen LogP contribution < -0.4 is 0 Å². The van der Waals surface area contributed by atoms with E-state index in [0.29, 0.717) is 5.92 Å². The van der Waals surface area contributed by atoms with Crippen LogP contribution in [-0.2, 0) is 0 Å². The predicted molar refractivity (Wildman–Crippen MR) is 65.5 cm³/mol. The van der Waals surface area contributed by atoms with E-state index in [-0.39, 0.29) is 12.0 Å². The molecule has 1 nitrogen and oxygen atoms in total. The Labute approximate surface area is 92.5 Å². The maximum Gasteiger partial charge on any atom is 0.0623 e. The molecule has 0 aromatic heterocycles. The summed E-state index contributed by atoms with van der Waals surface area (Å²) >= 11 is 0. The van der Waals surface area contributed by atoms with Crippen LogP contribution in [0.2, 0.25) is 0 Å². The molecule has 1 aromatic carbocycles. The summed E-state index contributed by atoms with van der Waals surface area (Å²) in [5.74, 6) is 0.505. The molecule has 0 spiro atoms. The molecular formula is C14H20O. The van der Waals surface area contributed by atoms with Gasteiger partial charge in [-0.25, -0.2) is 0 Å². The zero-order valence-corrected chi connectivity index (χ0v) is 9.72. The number of hydrogen-bond acceptors (Lipinski definition) is 1. The second kappa shape index (κ2) is 5.72. The van der Waals surface area contributed by atoms with Crippen LogP contribution in [0, 0.1) is 11.8 Å². The zero-order valence-electron chi connectivity index (χ0n) is 9.72. The maximum absolute atomic E-state index is 9.82. The molecule has 15 heavy (non-hydrogen) atoms. The predicted octanol–water partition coefficient (Wildman–Crippen LogP) is 3.35. The fourth-order valence-corrected chi connectivity index (χ4v) is 1.55. The van der Waals surface area contributed by atoms with Crippen molar-refractivity contribution < 1.29 is 5.11 Å². The van der Waals surface area contributed by atoms with Crippen molar-refractivity contribution >= 4 is 6.08 Å². The van der Waals surface area contributed by atoms with E-state index in [1.165, 1.54) is 5.56 Å². The molecule has 0 saturated heterocycles. The highest BCUT2D eigenvalue weighted by Crippen LogP contribution is 2.15. The first-order valence-electron chi connectivity index (χ1n) is 5.52. The molecule has 0 heterocycles. The lowest BCUT2D eigenvalue weighted by atomic mass is 9.94. The lowest BCUT2D eigenvalue weighted by Crippen LogP contribution is -2.21. The van der Waals surface area contributed by atoms with Gasteiger partial charge in [-0.3, -0.25) is 0 Å². The number of hydrogen-bond donors (Lipinski definition) is 1. The van der Waals surface area contributed by atoms with Crippen molar-refractivity contribution in [1.82, 2.24) is 0 Å². The van der Waals surface area contributed by atoms with Crippen molar-refractivity contribution in [2.75, 3.05) is 0 Å². The van der Waals surface area contributed by atoms with Gasteiger partial charge in [-0.2, -0.15) is 0 Å². The Morgan fingerprint density at radius 1 is 1.07 bits per heavy atom. The van der Waals surface area contributed by atoms with E-state index in [4.69, 9.17) is 0 Å². The highest BCUT2D eigenvalue weighted by atomic mass is 16.3. The summed E-state index contributed by atoms with van der Waals surface area (Å²) in [7, 11) is 0. The summed E-state index contributed by atoms with van der Waals surface area (Å²) in [6.45, 7) is 6.12. The van der Waals surface area contributed by atoms with Gasteiger partial charge in [0.05, 0.1) is 6.10 Å². The molecule has 0 bridgehead atoms. The van der Waals surface area contributed by atoms with E-state index in [1.54, 1.807) is 0 Å². The quantitative estimate of drug-likeness (QED) is 0.797. The largest absolute Gasteiger partial charge is 0.392 e. The van der Waals surface area contributed by atoms with Gasteiger partial charge in [-0.1, -0.05) is 63.3 Å². The van der Waals surface area contributed by atoms with Gasteiger partial charge in [-0.15, -0.1) is 0 Å². The van der Waals surface area contributed by atoms with E-state index in [1.807, 2.05) is 39.0 Å². The minimum atomic E-state index is -0.259. The number of aliphatic hydroxyl groups is 1. The molecule has 2 unspecified atom stereocenters. The first-order chi connectivity index (χ1) is 7.11. The van der Waals surface area contributed by atoms with Crippen molar-refractivity contribution in [3.8, 4) is 0 Å². The molecule has 0 amide bonds. The van der Waals surface area contributed by atoms with Crippen LogP contribution in [0.25, 0.3) is 6.08 Å². The van der Waals surface area contributed by atoms with E-state index < -0.39 is 0 Å². The fourth-order valence-electron chi connectivity index (χ4n) is 1.55. The van der Waals surface area contributed by atoms with Gasteiger partial charge < -0.3 is 5.11 Å². The Kier molecular flexibility index (Phi) is 4.57. The summed E-state index contributed by atoms with van der Waals surface area (Å²) in [5, 5.41) is 9.82. The SMILES string of the molecule is CC(C)C(O)C(C)/C=C/c1ccccc1. The molecule has 0 aliphatic carbocycles. The average Bonchev–Trinajstić information content (AvgIpc) is 2.26. The van der Waals surface area contributed by atoms with Crippen LogP contribution in [0.5, 0.6) is 0 Å². The third kappa shape index (κ3) is 3.88. The molecule has 0 aliphatic heterocycles. The van der Waals surface area contributed by atoms with Crippen molar-refractivity contribution in [1.29, 1.82) is 0 Å². The zero-order chi connectivity index (χ0) is 11.3. The highest BCUT2D eigenvalue weighted by Gasteiger charge is 2.14. The fraction of sp³-hybridized carbons (Fsp3) is 0.429. The molecule has 0 aliphatic rings. The second-order valence-corrected chi connectivity index (χ2v) is 4.36. The Morgan fingerprint density at radius 2 is 1.67 bits per heavy atom. The Bertz CT molecular complexity index is 300. The first-order valence-corrected chi connectivity index (χ1v) is 5.52. The topological polar surface area (TPSA) is 20.2 Å². The number of aliphatic hydroxyl groups excluding tert-OH is 1. The molecule has 1 N–H and O–H groups in total. The minimum Gasteiger partial charge on any atom is -0.392 e. The normalized spacial score (nSPS) is 15.8. The summed E-state index contributed by atoms with van der Waals surface area (Å²) < 4.78 is 0. The smallest absolute Gasteiger partial charge is 0.0623 e. The van der Waals surface area contributed by atoms with Gasteiger partial charge in [0.15, 0.2) is 0 Å². The molecule has 1 aromatic rings. The van der Waals surface area contributed by atoms with Gasteiger partial charge in [-0.05, 0) is 11.5 Å². The third-order valence-corrected chi connectivity index (χ3v) is 2.61. The van der Waals surface area contributed by atoms with Crippen LogP contribution in [0.1, 0.15) is 26.3 Å². The van der Waals surface area contributed by atoms with E-state index in [0.717, 1.165) is 0 Å². The van der Waals surface area contributed by atoms with Crippen molar-refractivity contribution in [3.05, 3.63) is 42.0 Å². The molecule has 0 fully saturated rings. The average molecular weight is 204 g/mol. The monoisotopic (exact) mass is 204 g/mol. The van der Waals surface area contributed by atoms with E-state index in [2.05, 4.69) is 24.3 Å². The van der Waals surface area contributed by atoms with Gasteiger partial charge >= 0.3 is 0 Å². The van der Waals surface area contributed by atoms with Crippen LogP contribution >= 0.6 is 0 Å². The van der Waals surface area contributed by atoms with Crippen molar-refractivity contribution in [2.24, 2.45) is 11.8 Å². The summed E-state index contributed by atoms with van der Waals surface area (Å²) in [5.41, 5.74) is 1.18. The van der Waals surface area contributed by atoms with E-state index in [9.17, 15) is 5.11 Å². The molecule has 82 valence electrons. The van der Waals surface area contributed by atoms with Gasteiger partial charge in [0, 0.05) is 5.92 Å². The second-order valence-electron chi connectivity index (χ2n) is 4.36. The molecule has 1 heteroatoms. The van der Waals surface area contributed by atoms with Gasteiger partial charge in [0.2, 0.25) is 0 Å². The Morgan fingerprint density at radius 3 is 2.20 bits per heavy atom. The first kappa shape index (κ1) is 12.0. The van der Waals surface area contributed by atoms with Crippen molar-refractivity contribution in [3.63, 3.8) is 0 Å².